The highest BCUT2D eigenvalue weighted by Crippen LogP contribution is 2.25. The van der Waals surface area contributed by atoms with Crippen LogP contribution in [0.1, 0.15) is 66.2 Å². The minimum absolute atomic E-state index is 0.0809. The number of unbranched alkanes of at least 4 members (excludes halogenated alkanes) is 2. The standard InChI is InChI=1S/C12H24O/c1-5-7-8-9-11(13)12(3,4)10-6-2/h5-10H2,1-4H3. The molecular weight excluding hydrogens is 160 g/mol. The van der Waals surface area contributed by atoms with Gasteiger partial charge in [0.1, 0.15) is 5.78 Å². The Kier molecular flexibility index (Phi) is 6.02. The van der Waals surface area contributed by atoms with E-state index in [1.54, 1.807) is 0 Å². The van der Waals surface area contributed by atoms with Gasteiger partial charge >= 0.3 is 0 Å². The molecule has 0 aliphatic heterocycles. The lowest BCUT2D eigenvalue weighted by atomic mass is 9.81. The van der Waals surface area contributed by atoms with Gasteiger partial charge in [0.25, 0.3) is 0 Å². The molecule has 0 unspecified atom stereocenters. The second kappa shape index (κ2) is 6.17. The number of hydrogen-bond donors (Lipinski definition) is 0. The van der Waals surface area contributed by atoms with Gasteiger partial charge in [0.05, 0.1) is 0 Å². The Balaban J connectivity index is 3.80. The maximum absolute atomic E-state index is 11.7. The van der Waals surface area contributed by atoms with Gasteiger partial charge < -0.3 is 0 Å². The molecule has 0 aromatic rings. The first kappa shape index (κ1) is 12.7. The van der Waals surface area contributed by atoms with Crippen molar-refractivity contribution in [1.82, 2.24) is 0 Å². The summed E-state index contributed by atoms with van der Waals surface area (Å²) >= 11 is 0. The zero-order chi connectivity index (χ0) is 10.3. The van der Waals surface area contributed by atoms with Crippen molar-refractivity contribution in [3.63, 3.8) is 0 Å². The van der Waals surface area contributed by atoms with Gasteiger partial charge in [-0.3, -0.25) is 4.79 Å². The molecule has 0 spiro atoms. The molecule has 0 N–H and O–H groups in total. The highest BCUT2D eigenvalue weighted by Gasteiger charge is 2.24. The predicted octanol–water partition coefficient (Wildman–Crippen LogP) is 3.96. The van der Waals surface area contributed by atoms with Crippen LogP contribution in [-0.2, 0) is 4.79 Å². The van der Waals surface area contributed by atoms with Crippen LogP contribution in [0, 0.1) is 5.41 Å². The molecule has 0 heterocycles. The number of carbonyl (C=O) groups excluding carboxylic acids is 1. The third-order valence-corrected chi connectivity index (χ3v) is 2.64. The Bertz CT molecular complexity index is 147. The van der Waals surface area contributed by atoms with Crippen molar-refractivity contribution in [1.29, 1.82) is 0 Å². The molecule has 0 bridgehead atoms. The first-order valence-electron chi connectivity index (χ1n) is 5.58. The summed E-state index contributed by atoms with van der Waals surface area (Å²) in [4.78, 5) is 11.7. The summed E-state index contributed by atoms with van der Waals surface area (Å²) in [7, 11) is 0. The highest BCUT2D eigenvalue weighted by atomic mass is 16.1. The van der Waals surface area contributed by atoms with Crippen molar-refractivity contribution in [2.75, 3.05) is 0 Å². The summed E-state index contributed by atoms with van der Waals surface area (Å²) in [6.45, 7) is 8.46. The molecule has 0 atom stereocenters. The van der Waals surface area contributed by atoms with Crippen molar-refractivity contribution < 1.29 is 4.79 Å². The van der Waals surface area contributed by atoms with Crippen LogP contribution in [0.3, 0.4) is 0 Å². The van der Waals surface area contributed by atoms with Crippen LogP contribution in [0.5, 0.6) is 0 Å². The highest BCUT2D eigenvalue weighted by molar-refractivity contribution is 5.83. The van der Waals surface area contributed by atoms with Gasteiger partial charge in [0.2, 0.25) is 0 Å². The summed E-state index contributed by atoms with van der Waals surface area (Å²) in [5, 5.41) is 0. The van der Waals surface area contributed by atoms with E-state index in [1.165, 1.54) is 12.8 Å². The molecule has 13 heavy (non-hydrogen) atoms. The van der Waals surface area contributed by atoms with Gasteiger partial charge in [0, 0.05) is 11.8 Å². The lowest BCUT2D eigenvalue weighted by molar-refractivity contribution is -0.127. The molecule has 78 valence electrons. The first-order chi connectivity index (χ1) is 6.04. The molecule has 1 nitrogen and oxygen atoms in total. The number of ketones is 1. The maximum Gasteiger partial charge on any atom is 0.138 e. The molecule has 0 aromatic carbocycles. The SMILES string of the molecule is CCCCCC(=O)C(C)(C)CCC. The smallest absolute Gasteiger partial charge is 0.138 e. The van der Waals surface area contributed by atoms with Crippen LogP contribution in [0.15, 0.2) is 0 Å². The molecule has 0 rings (SSSR count). The minimum Gasteiger partial charge on any atom is -0.299 e. The van der Waals surface area contributed by atoms with Crippen LogP contribution in [0.25, 0.3) is 0 Å². The van der Waals surface area contributed by atoms with Gasteiger partial charge in [-0.05, 0) is 12.8 Å². The first-order valence-corrected chi connectivity index (χ1v) is 5.58. The third-order valence-electron chi connectivity index (χ3n) is 2.64. The molecule has 1 heteroatoms. The Morgan fingerprint density at radius 1 is 1.08 bits per heavy atom. The summed E-state index contributed by atoms with van der Waals surface area (Å²) in [5.74, 6) is 0.447. The Hall–Kier alpha value is -0.330. The van der Waals surface area contributed by atoms with Crippen molar-refractivity contribution in [2.45, 2.75) is 66.2 Å². The fraction of sp³-hybridized carbons (Fsp3) is 0.917. The molecule has 0 aromatic heterocycles. The van der Waals surface area contributed by atoms with Crippen LogP contribution in [0.4, 0.5) is 0 Å². The summed E-state index contributed by atoms with van der Waals surface area (Å²) in [6, 6.07) is 0. The summed E-state index contributed by atoms with van der Waals surface area (Å²) in [5.41, 5.74) is -0.0809. The zero-order valence-electron chi connectivity index (χ0n) is 9.65. The molecule has 0 radical (unpaired) electrons. The lowest BCUT2D eigenvalue weighted by Crippen LogP contribution is -2.23. The average molecular weight is 184 g/mol. The Labute approximate surface area is 82.9 Å². The number of hydrogen-bond acceptors (Lipinski definition) is 1. The molecule has 0 fully saturated rings. The monoisotopic (exact) mass is 184 g/mol. The van der Waals surface area contributed by atoms with E-state index in [9.17, 15) is 4.79 Å². The number of carbonyl (C=O) groups is 1. The van der Waals surface area contributed by atoms with E-state index in [4.69, 9.17) is 0 Å². The van der Waals surface area contributed by atoms with Crippen molar-refractivity contribution in [2.24, 2.45) is 5.41 Å². The van der Waals surface area contributed by atoms with Gasteiger partial charge in [-0.1, -0.05) is 47.0 Å². The zero-order valence-corrected chi connectivity index (χ0v) is 9.65. The average Bonchev–Trinajstić information content (AvgIpc) is 2.04. The molecule has 0 aliphatic rings. The summed E-state index contributed by atoms with van der Waals surface area (Å²) in [6.07, 6.45) is 6.36. The van der Waals surface area contributed by atoms with Crippen LogP contribution in [0.2, 0.25) is 0 Å². The molecule has 0 saturated heterocycles. The summed E-state index contributed by atoms with van der Waals surface area (Å²) < 4.78 is 0. The topological polar surface area (TPSA) is 17.1 Å². The van der Waals surface area contributed by atoms with E-state index >= 15 is 0 Å². The van der Waals surface area contributed by atoms with Crippen LogP contribution < -0.4 is 0 Å². The normalized spacial score (nSPS) is 11.7. The lowest BCUT2D eigenvalue weighted by Gasteiger charge is -2.22. The quantitative estimate of drug-likeness (QED) is 0.547. The van der Waals surface area contributed by atoms with Crippen molar-refractivity contribution >= 4 is 5.78 Å². The van der Waals surface area contributed by atoms with Crippen molar-refractivity contribution in [3.05, 3.63) is 0 Å². The van der Waals surface area contributed by atoms with E-state index in [0.29, 0.717) is 5.78 Å². The van der Waals surface area contributed by atoms with Crippen LogP contribution >= 0.6 is 0 Å². The van der Waals surface area contributed by atoms with Crippen LogP contribution in [-0.4, -0.2) is 5.78 Å². The fourth-order valence-electron chi connectivity index (χ4n) is 1.64. The van der Waals surface area contributed by atoms with E-state index in [1.807, 2.05) is 0 Å². The van der Waals surface area contributed by atoms with E-state index in [0.717, 1.165) is 25.7 Å². The number of Topliss-reactive ketones (excluding diaryl/α,β-unsaturated/α-hetero) is 1. The van der Waals surface area contributed by atoms with Gasteiger partial charge in [0.15, 0.2) is 0 Å². The Morgan fingerprint density at radius 2 is 1.69 bits per heavy atom. The van der Waals surface area contributed by atoms with Gasteiger partial charge in [-0.25, -0.2) is 0 Å². The molecule has 0 aliphatic carbocycles. The second-order valence-corrected chi connectivity index (χ2v) is 4.51. The number of rotatable bonds is 7. The minimum atomic E-state index is -0.0809. The maximum atomic E-state index is 11.7. The van der Waals surface area contributed by atoms with E-state index in [-0.39, 0.29) is 5.41 Å². The molecular formula is C12H24O. The second-order valence-electron chi connectivity index (χ2n) is 4.51. The third kappa shape index (κ3) is 5.07. The largest absolute Gasteiger partial charge is 0.299 e. The molecule has 0 saturated carbocycles. The van der Waals surface area contributed by atoms with Gasteiger partial charge in [-0.2, -0.15) is 0 Å². The van der Waals surface area contributed by atoms with E-state index < -0.39 is 0 Å². The van der Waals surface area contributed by atoms with Gasteiger partial charge in [-0.15, -0.1) is 0 Å². The Morgan fingerprint density at radius 3 is 2.15 bits per heavy atom. The predicted molar refractivity (Wildman–Crippen MR) is 57.8 cm³/mol. The van der Waals surface area contributed by atoms with Crippen molar-refractivity contribution in [3.8, 4) is 0 Å². The fourth-order valence-corrected chi connectivity index (χ4v) is 1.64. The molecule has 0 amide bonds. The van der Waals surface area contributed by atoms with E-state index in [2.05, 4.69) is 27.7 Å².